The van der Waals surface area contributed by atoms with Crippen LogP contribution in [0.25, 0.3) is 0 Å². The van der Waals surface area contributed by atoms with Gasteiger partial charge in [-0.1, -0.05) is 24.3 Å². The number of nitrogens with zero attached hydrogens (tertiary/aromatic N) is 1. The Morgan fingerprint density at radius 3 is 2.32 bits per heavy atom. The van der Waals surface area contributed by atoms with Gasteiger partial charge in [-0.15, -0.1) is 0 Å². The van der Waals surface area contributed by atoms with Crippen molar-refractivity contribution in [3.63, 3.8) is 0 Å². The molecule has 0 aromatic rings. The van der Waals surface area contributed by atoms with E-state index in [0.717, 1.165) is 6.42 Å². The standard InChI is InChI=1S/C17H17NO4/c19-15-13-11-5-6-12(9-11)14(13)16(20)18(15)7-8-22-17(21)10-3-1-2-4-10/h1-6,11-14,21H,7-9H2. The Morgan fingerprint density at radius 1 is 1.14 bits per heavy atom. The Bertz CT molecular complexity index is 614. The van der Waals surface area contributed by atoms with Gasteiger partial charge >= 0.3 is 0 Å². The van der Waals surface area contributed by atoms with Gasteiger partial charge in [0.2, 0.25) is 11.8 Å². The minimum Gasteiger partial charge on any atom is -0.481 e. The van der Waals surface area contributed by atoms with Crippen molar-refractivity contribution in [1.29, 1.82) is 0 Å². The fourth-order valence-electron chi connectivity index (χ4n) is 4.02. The zero-order valence-electron chi connectivity index (χ0n) is 12.0. The highest BCUT2D eigenvalue weighted by Gasteiger charge is 2.58. The van der Waals surface area contributed by atoms with Gasteiger partial charge in [0.15, 0.2) is 0 Å². The van der Waals surface area contributed by atoms with Gasteiger partial charge < -0.3 is 9.84 Å². The molecule has 4 rings (SSSR count). The van der Waals surface area contributed by atoms with Crippen LogP contribution in [0.1, 0.15) is 6.42 Å². The largest absolute Gasteiger partial charge is 0.481 e. The summed E-state index contributed by atoms with van der Waals surface area (Å²) in [6, 6.07) is 0. The highest BCUT2D eigenvalue weighted by Crippen LogP contribution is 2.52. The second-order valence-corrected chi connectivity index (χ2v) is 6.16. The molecule has 22 heavy (non-hydrogen) atoms. The number of aliphatic hydroxyl groups is 1. The molecule has 1 saturated heterocycles. The van der Waals surface area contributed by atoms with Crippen molar-refractivity contribution < 1.29 is 19.4 Å². The molecule has 0 spiro atoms. The van der Waals surface area contributed by atoms with Gasteiger partial charge in [-0.05, 0) is 30.4 Å². The predicted molar refractivity (Wildman–Crippen MR) is 78.3 cm³/mol. The second-order valence-electron chi connectivity index (χ2n) is 6.16. The van der Waals surface area contributed by atoms with Crippen LogP contribution in [-0.4, -0.2) is 35.0 Å². The molecule has 2 fully saturated rings. The van der Waals surface area contributed by atoms with E-state index in [9.17, 15) is 14.7 Å². The minimum atomic E-state index is -0.175. The van der Waals surface area contributed by atoms with E-state index in [2.05, 4.69) is 12.2 Å². The summed E-state index contributed by atoms with van der Waals surface area (Å²) in [4.78, 5) is 26.2. The summed E-state index contributed by atoms with van der Waals surface area (Å²) in [7, 11) is 0. The highest BCUT2D eigenvalue weighted by molar-refractivity contribution is 6.06. The van der Waals surface area contributed by atoms with Crippen molar-refractivity contribution in [3.8, 4) is 0 Å². The van der Waals surface area contributed by atoms with Gasteiger partial charge in [0.1, 0.15) is 6.61 Å². The van der Waals surface area contributed by atoms with Gasteiger partial charge in [0.25, 0.3) is 5.95 Å². The first-order valence-electron chi connectivity index (χ1n) is 7.61. The molecule has 0 aromatic carbocycles. The molecule has 114 valence electrons. The Kier molecular flexibility index (Phi) is 2.96. The number of hydrogen-bond donors (Lipinski definition) is 1. The van der Waals surface area contributed by atoms with Crippen molar-refractivity contribution >= 4 is 11.8 Å². The minimum absolute atomic E-state index is 0.0803. The van der Waals surface area contributed by atoms with Gasteiger partial charge in [0.05, 0.1) is 24.0 Å². The molecular formula is C17H17NO4. The Labute approximate surface area is 128 Å². The number of ether oxygens (including phenoxy) is 1. The lowest BCUT2D eigenvalue weighted by Crippen LogP contribution is -2.35. The normalized spacial score (nSPS) is 34.2. The molecule has 4 aliphatic rings. The monoisotopic (exact) mass is 299 g/mol. The Hall–Kier alpha value is -2.30. The molecule has 2 bridgehead atoms. The number of hydrogen-bond acceptors (Lipinski definition) is 4. The number of imide groups is 1. The van der Waals surface area contributed by atoms with E-state index in [1.165, 1.54) is 4.90 Å². The molecule has 0 aromatic heterocycles. The quantitative estimate of drug-likeness (QED) is 0.487. The van der Waals surface area contributed by atoms with E-state index in [1.807, 2.05) is 0 Å². The summed E-state index contributed by atoms with van der Waals surface area (Å²) in [5, 5.41) is 9.77. The molecule has 3 aliphatic carbocycles. The number of carbonyl (C=O) groups excluding carboxylic acids is 2. The van der Waals surface area contributed by atoms with Gasteiger partial charge in [0, 0.05) is 0 Å². The topological polar surface area (TPSA) is 66.8 Å². The first-order valence-corrected chi connectivity index (χ1v) is 7.61. The molecule has 1 N–H and O–H groups in total. The van der Waals surface area contributed by atoms with E-state index in [0.29, 0.717) is 5.57 Å². The number of rotatable bonds is 4. The lowest BCUT2D eigenvalue weighted by atomic mass is 9.85. The van der Waals surface area contributed by atoms with Crippen LogP contribution in [-0.2, 0) is 14.3 Å². The highest BCUT2D eigenvalue weighted by atomic mass is 16.6. The van der Waals surface area contributed by atoms with Gasteiger partial charge in [-0.3, -0.25) is 14.5 Å². The molecule has 5 nitrogen and oxygen atoms in total. The molecule has 5 heteroatoms. The molecular weight excluding hydrogens is 282 g/mol. The third kappa shape index (κ3) is 1.85. The first-order chi connectivity index (χ1) is 10.7. The number of fused-ring (bicyclic) bond motifs is 5. The summed E-state index contributed by atoms with van der Waals surface area (Å²) in [6.07, 6.45) is 12.1. The maximum Gasteiger partial charge on any atom is 0.284 e. The van der Waals surface area contributed by atoms with Gasteiger partial charge in [-0.2, -0.15) is 0 Å². The van der Waals surface area contributed by atoms with E-state index in [4.69, 9.17) is 4.74 Å². The average Bonchev–Trinajstić information content (AvgIpc) is 3.27. The summed E-state index contributed by atoms with van der Waals surface area (Å²) >= 11 is 0. The maximum atomic E-state index is 12.4. The smallest absolute Gasteiger partial charge is 0.284 e. The van der Waals surface area contributed by atoms with Crippen LogP contribution >= 0.6 is 0 Å². The van der Waals surface area contributed by atoms with E-state index < -0.39 is 0 Å². The molecule has 2 amide bonds. The van der Waals surface area contributed by atoms with Crippen LogP contribution in [0.2, 0.25) is 0 Å². The molecule has 1 saturated carbocycles. The Morgan fingerprint density at radius 2 is 1.73 bits per heavy atom. The van der Waals surface area contributed by atoms with Crippen molar-refractivity contribution in [2.75, 3.05) is 13.2 Å². The van der Waals surface area contributed by atoms with Crippen LogP contribution < -0.4 is 0 Å². The van der Waals surface area contributed by atoms with Crippen molar-refractivity contribution in [2.24, 2.45) is 23.7 Å². The van der Waals surface area contributed by atoms with Crippen LogP contribution in [0.15, 0.2) is 48.0 Å². The lowest BCUT2D eigenvalue weighted by molar-refractivity contribution is -0.141. The average molecular weight is 299 g/mol. The summed E-state index contributed by atoms with van der Waals surface area (Å²) in [5.41, 5.74) is 0.596. The fourth-order valence-corrected chi connectivity index (χ4v) is 4.02. The number of amides is 2. The van der Waals surface area contributed by atoms with Crippen LogP contribution in [0.3, 0.4) is 0 Å². The number of likely N-dealkylation sites (tertiary alicyclic amines) is 1. The van der Waals surface area contributed by atoms with E-state index in [1.54, 1.807) is 24.3 Å². The first kappa shape index (κ1) is 13.4. The third-order valence-electron chi connectivity index (χ3n) is 5.02. The zero-order valence-corrected chi connectivity index (χ0v) is 12.0. The third-order valence-corrected chi connectivity index (χ3v) is 5.02. The number of allylic oxidation sites excluding steroid dienone is 7. The molecule has 1 aliphatic heterocycles. The molecule has 4 unspecified atom stereocenters. The number of aliphatic hydroxyl groups excluding tert-OH is 1. The van der Waals surface area contributed by atoms with E-state index >= 15 is 0 Å². The maximum absolute atomic E-state index is 12.4. The SMILES string of the molecule is O=C1C2C3C=CC(C3)C2C(=O)N1CCOC(O)=C1C=CC=C1. The van der Waals surface area contributed by atoms with Crippen molar-refractivity contribution in [1.82, 2.24) is 4.90 Å². The van der Waals surface area contributed by atoms with E-state index in [-0.39, 0.29) is 54.6 Å². The predicted octanol–water partition coefficient (Wildman–Crippen LogP) is 1.71. The molecule has 0 radical (unpaired) electrons. The second kappa shape index (κ2) is 4.87. The number of carbonyl (C=O) groups is 2. The summed E-state index contributed by atoms with van der Waals surface area (Å²) in [6.45, 7) is 0.297. The van der Waals surface area contributed by atoms with Crippen LogP contribution in [0, 0.1) is 23.7 Å². The van der Waals surface area contributed by atoms with Crippen molar-refractivity contribution in [2.45, 2.75) is 6.42 Å². The fraction of sp³-hybridized carbons (Fsp3) is 0.412. The Balaban J connectivity index is 1.39. The zero-order chi connectivity index (χ0) is 15.3. The van der Waals surface area contributed by atoms with Crippen molar-refractivity contribution in [3.05, 3.63) is 48.0 Å². The summed E-state index contributed by atoms with van der Waals surface area (Å²) < 4.78 is 5.25. The molecule has 1 heterocycles. The lowest BCUT2D eigenvalue weighted by Gasteiger charge is -2.17. The van der Waals surface area contributed by atoms with Crippen LogP contribution in [0.5, 0.6) is 0 Å². The van der Waals surface area contributed by atoms with Gasteiger partial charge in [-0.25, -0.2) is 0 Å². The van der Waals surface area contributed by atoms with Crippen LogP contribution in [0.4, 0.5) is 0 Å². The molecule has 4 atom stereocenters. The summed E-state index contributed by atoms with van der Waals surface area (Å²) in [5.74, 6) is -0.230.